The Kier molecular flexibility index (Phi) is 5.21. The molecule has 6 heteroatoms. The molecular formula is C10H15NO5. The van der Waals surface area contributed by atoms with Gasteiger partial charge in [0.25, 0.3) is 0 Å². The van der Waals surface area contributed by atoms with E-state index in [1.165, 1.54) is 13.8 Å². The van der Waals surface area contributed by atoms with E-state index in [0.29, 0.717) is 0 Å². The lowest BCUT2D eigenvalue weighted by molar-refractivity contribution is -0.164. The highest BCUT2D eigenvalue weighted by Crippen LogP contribution is 2.10. The first-order chi connectivity index (χ1) is 7.38. The fourth-order valence-corrected chi connectivity index (χ4v) is 1.01. The maximum atomic E-state index is 11.5. The predicted octanol–water partition coefficient (Wildman–Crippen LogP) is 0.131. The highest BCUT2D eigenvalue weighted by atomic mass is 16.6. The summed E-state index contributed by atoms with van der Waals surface area (Å²) in [5, 5.41) is 2.19. The van der Waals surface area contributed by atoms with Crippen molar-refractivity contribution in [1.29, 1.82) is 0 Å². The summed E-state index contributed by atoms with van der Waals surface area (Å²) in [6.07, 6.45) is 0.877. The van der Waals surface area contributed by atoms with E-state index < -0.39 is 23.4 Å². The average Bonchev–Trinajstić information content (AvgIpc) is 2.17. The molecule has 0 aliphatic carbocycles. The zero-order valence-corrected chi connectivity index (χ0v) is 9.53. The Morgan fingerprint density at radius 3 is 2.31 bits per heavy atom. The summed E-state index contributed by atoms with van der Waals surface area (Å²) in [7, 11) is 0. The minimum Gasteiger partial charge on any atom is -0.464 e. The van der Waals surface area contributed by atoms with Gasteiger partial charge in [-0.05, 0) is 13.8 Å². The van der Waals surface area contributed by atoms with Gasteiger partial charge in [-0.3, -0.25) is 4.79 Å². The van der Waals surface area contributed by atoms with Crippen LogP contribution in [-0.2, 0) is 23.9 Å². The number of hydrogen-bond acceptors (Lipinski definition) is 5. The van der Waals surface area contributed by atoms with Gasteiger partial charge < -0.3 is 14.8 Å². The summed E-state index contributed by atoms with van der Waals surface area (Å²) in [5.41, 5.74) is -1.85. The number of amides is 1. The number of esters is 2. The molecule has 16 heavy (non-hydrogen) atoms. The molecule has 0 aromatic carbocycles. The molecule has 0 fully saturated rings. The van der Waals surface area contributed by atoms with E-state index in [9.17, 15) is 14.4 Å². The van der Waals surface area contributed by atoms with Crippen LogP contribution in [0.4, 0.5) is 0 Å². The molecular weight excluding hydrogens is 214 g/mol. The Morgan fingerprint density at radius 2 is 1.94 bits per heavy atom. The first-order valence-electron chi connectivity index (χ1n) is 4.66. The van der Waals surface area contributed by atoms with Crippen LogP contribution in [0.25, 0.3) is 0 Å². The molecule has 0 aliphatic rings. The molecule has 90 valence electrons. The number of rotatable bonds is 5. The van der Waals surface area contributed by atoms with Gasteiger partial charge in [-0.15, -0.1) is 0 Å². The highest BCUT2D eigenvalue weighted by molar-refractivity contribution is 6.07. The molecule has 0 spiro atoms. The zero-order chi connectivity index (χ0) is 12.8. The lowest BCUT2D eigenvalue weighted by Crippen LogP contribution is -2.58. The Hall–Kier alpha value is -1.85. The molecule has 0 aromatic rings. The lowest BCUT2D eigenvalue weighted by Gasteiger charge is -2.24. The maximum absolute atomic E-state index is 11.5. The third-order valence-electron chi connectivity index (χ3n) is 1.71. The quantitative estimate of drug-likeness (QED) is 0.411. The Bertz CT molecular complexity index is 312. The molecule has 0 heterocycles. The van der Waals surface area contributed by atoms with Crippen molar-refractivity contribution in [2.45, 2.75) is 26.3 Å². The van der Waals surface area contributed by atoms with Crippen molar-refractivity contribution < 1.29 is 23.9 Å². The second kappa shape index (κ2) is 5.89. The number of nitrogens with one attached hydrogen (secondary N) is 1. The number of carbonyl (C=O) groups excluding carboxylic acids is 3. The molecule has 0 aliphatic heterocycles. The minimum atomic E-state index is -1.85. The molecule has 0 saturated heterocycles. The third-order valence-corrected chi connectivity index (χ3v) is 1.71. The lowest BCUT2D eigenvalue weighted by atomic mass is 10.0. The Morgan fingerprint density at radius 1 is 1.38 bits per heavy atom. The summed E-state index contributed by atoms with van der Waals surface area (Å²) in [4.78, 5) is 34.0. The van der Waals surface area contributed by atoms with Crippen LogP contribution < -0.4 is 5.32 Å². The number of ether oxygens (including phenoxy) is 2. The van der Waals surface area contributed by atoms with E-state index in [-0.39, 0.29) is 6.61 Å². The van der Waals surface area contributed by atoms with E-state index in [0.717, 1.165) is 6.26 Å². The molecule has 1 N–H and O–H groups in total. The number of carbonyl (C=O) groups is 3. The van der Waals surface area contributed by atoms with Crippen molar-refractivity contribution >= 4 is 17.8 Å². The van der Waals surface area contributed by atoms with Gasteiger partial charge in [0.05, 0.1) is 12.9 Å². The van der Waals surface area contributed by atoms with Gasteiger partial charge in [0.1, 0.15) is 0 Å². The van der Waals surface area contributed by atoms with Gasteiger partial charge in [0.15, 0.2) is 0 Å². The van der Waals surface area contributed by atoms with Gasteiger partial charge >= 0.3 is 11.9 Å². The molecule has 6 nitrogen and oxygen atoms in total. The molecule has 1 unspecified atom stereocenters. The van der Waals surface area contributed by atoms with Crippen molar-refractivity contribution in [2.24, 2.45) is 0 Å². The third kappa shape index (κ3) is 3.38. The topological polar surface area (TPSA) is 81.7 Å². The molecule has 0 saturated carbocycles. The van der Waals surface area contributed by atoms with Crippen LogP contribution in [-0.4, -0.2) is 30.0 Å². The first-order valence-corrected chi connectivity index (χ1v) is 4.66. The van der Waals surface area contributed by atoms with Gasteiger partial charge in [0, 0.05) is 6.92 Å². The Balaban J connectivity index is 5.00. The van der Waals surface area contributed by atoms with Crippen LogP contribution >= 0.6 is 0 Å². The first kappa shape index (κ1) is 14.2. The van der Waals surface area contributed by atoms with Crippen LogP contribution in [0, 0.1) is 0 Å². The minimum absolute atomic E-state index is 0.0926. The van der Waals surface area contributed by atoms with Crippen LogP contribution in [0.2, 0.25) is 0 Å². The monoisotopic (exact) mass is 229 g/mol. The molecule has 0 bridgehead atoms. The van der Waals surface area contributed by atoms with Crippen molar-refractivity contribution in [3.8, 4) is 0 Å². The molecule has 1 atom stereocenters. The summed E-state index contributed by atoms with van der Waals surface area (Å²) in [6.45, 7) is 7.26. The highest BCUT2D eigenvalue weighted by Gasteiger charge is 2.45. The number of hydrogen-bond donors (Lipinski definition) is 1. The maximum Gasteiger partial charge on any atom is 0.348 e. The van der Waals surface area contributed by atoms with Gasteiger partial charge in [0.2, 0.25) is 11.4 Å². The SMILES string of the molecule is C=COC(=O)C(C)(NC(C)=O)C(=O)OCC. The van der Waals surface area contributed by atoms with Crippen LogP contribution in [0.3, 0.4) is 0 Å². The van der Waals surface area contributed by atoms with Crippen molar-refractivity contribution in [3.05, 3.63) is 12.8 Å². The normalized spacial score (nSPS) is 13.2. The van der Waals surface area contributed by atoms with Crippen molar-refractivity contribution in [1.82, 2.24) is 5.32 Å². The van der Waals surface area contributed by atoms with E-state index >= 15 is 0 Å². The fraction of sp³-hybridized carbons (Fsp3) is 0.500. The standard InChI is InChI=1S/C10H15NO5/c1-5-15-8(13)10(4,11-7(3)12)9(14)16-6-2/h5H,1,6H2,2-4H3,(H,11,12). The van der Waals surface area contributed by atoms with E-state index in [4.69, 9.17) is 0 Å². The molecule has 0 aromatic heterocycles. The second-order valence-electron chi connectivity index (χ2n) is 3.10. The summed E-state index contributed by atoms with van der Waals surface area (Å²) < 4.78 is 9.17. The Labute approximate surface area is 93.6 Å². The summed E-state index contributed by atoms with van der Waals surface area (Å²) in [6, 6.07) is 0. The van der Waals surface area contributed by atoms with Gasteiger partial charge in [-0.25, -0.2) is 9.59 Å². The fourth-order valence-electron chi connectivity index (χ4n) is 1.01. The van der Waals surface area contributed by atoms with Crippen LogP contribution in [0.5, 0.6) is 0 Å². The van der Waals surface area contributed by atoms with Crippen molar-refractivity contribution in [2.75, 3.05) is 6.61 Å². The largest absolute Gasteiger partial charge is 0.464 e. The van der Waals surface area contributed by atoms with Gasteiger partial charge in [-0.1, -0.05) is 6.58 Å². The summed E-state index contributed by atoms with van der Waals surface area (Å²) in [5.74, 6) is -2.37. The van der Waals surface area contributed by atoms with E-state index in [1.807, 2.05) is 0 Å². The molecule has 0 radical (unpaired) electrons. The van der Waals surface area contributed by atoms with Gasteiger partial charge in [-0.2, -0.15) is 0 Å². The predicted molar refractivity (Wildman–Crippen MR) is 55.1 cm³/mol. The smallest absolute Gasteiger partial charge is 0.348 e. The average molecular weight is 229 g/mol. The van der Waals surface area contributed by atoms with Crippen molar-refractivity contribution in [3.63, 3.8) is 0 Å². The zero-order valence-electron chi connectivity index (χ0n) is 9.53. The van der Waals surface area contributed by atoms with Crippen LogP contribution in [0.15, 0.2) is 12.8 Å². The van der Waals surface area contributed by atoms with E-state index in [2.05, 4.69) is 21.4 Å². The van der Waals surface area contributed by atoms with E-state index in [1.54, 1.807) is 6.92 Å². The molecule has 1 amide bonds. The second-order valence-corrected chi connectivity index (χ2v) is 3.10. The van der Waals surface area contributed by atoms with Crippen LogP contribution in [0.1, 0.15) is 20.8 Å². The summed E-state index contributed by atoms with van der Waals surface area (Å²) >= 11 is 0. The molecule has 0 rings (SSSR count).